The fourth-order valence-corrected chi connectivity index (χ4v) is 1.60. The van der Waals surface area contributed by atoms with Crippen LogP contribution in [0.1, 0.15) is 6.42 Å². The highest BCUT2D eigenvalue weighted by molar-refractivity contribution is 9.10. The molecule has 0 saturated carbocycles. The van der Waals surface area contributed by atoms with Crippen LogP contribution in [0.4, 0.5) is 0 Å². The molecule has 1 fully saturated rings. The summed E-state index contributed by atoms with van der Waals surface area (Å²) in [4.78, 5) is 3.97. The van der Waals surface area contributed by atoms with Gasteiger partial charge in [-0.3, -0.25) is 0 Å². The van der Waals surface area contributed by atoms with E-state index in [1.54, 1.807) is 6.20 Å². The van der Waals surface area contributed by atoms with Crippen molar-refractivity contribution in [3.8, 4) is 5.75 Å². The molecule has 1 aliphatic heterocycles. The molecule has 1 saturated heterocycles. The van der Waals surface area contributed by atoms with E-state index in [1.165, 1.54) is 6.42 Å². The van der Waals surface area contributed by atoms with Gasteiger partial charge in [0.1, 0.15) is 17.5 Å². The Morgan fingerprint density at radius 3 is 2.93 bits per heavy atom. The van der Waals surface area contributed by atoms with Gasteiger partial charge in [-0.05, 0) is 35.0 Å². The first-order valence-electron chi connectivity index (χ1n) is 4.43. The number of ether oxygens (including phenoxy) is 1. The Morgan fingerprint density at radius 2 is 2.40 bits per heavy atom. The van der Waals surface area contributed by atoms with Crippen LogP contribution in [0.5, 0.6) is 5.75 Å². The van der Waals surface area contributed by atoms with Crippen LogP contribution in [0.15, 0.2) is 16.7 Å². The van der Waals surface area contributed by atoms with Crippen molar-refractivity contribution in [1.82, 2.24) is 10.3 Å². The predicted octanol–water partition coefficient (Wildman–Crippen LogP) is 2.66. The molecule has 84 valence electrons. The molecule has 15 heavy (non-hydrogen) atoms. The van der Waals surface area contributed by atoms with Gasteiger partial charge in [0.25, 0.3) is 0 Å². The second kappa shape index (κ2) is 5.89. The lowest BCUT2D eigenvalue weighted by Crippen LogP contribution is -2.46. The molecule has 0 aromatic carbocycles. The number of hydrogen-bond donors (Lipinski definition) is 1. The third-order valence-electron chi connectivity index (χ3n) is 2.15. The average Bonchev–Trinajstić information content (AvgIpc) is 2.08. The summed E-state index contributed by atoms with van der Waals surface area (Å²) in [7, 11) is 0. The SMILES string of the molecule is Cl.Clc1ncc(OC[C@@H]2CCN2)cc1Br. The summed E-state index contributed by atoms with van der Waals surface area (Å²) in [6.07, 6.45) is 2.81. The van der Waals surface area contributed by atoms with Crippen molar-refractivity contribution < 1.29 is 4.74 Å². The van der Waals surface area contributed by atoms with Gasteiger partial charge in [-0.1, -0.05) is 11.6 Å². The molecule has 1 aromatic heterocycles. The summed E-state index contributed by atoms with van der Waals surface area (Å²) < 4.78 is 6.29. The summed E-state index contributed by atoms with van der Waals surface area (Å²) >= 11 is 9.05. The zero-order valence-electron chi connectivity index (χ0n) is 7.87. The molecule has 1 N–H and O–H groups in total. The maximum Gasteiger partial charge on any atom is 0.143 e. The minimum absolute atomic E-state index is 0. The maximum atomic E-state index is 5.76. The van der Waals surface area contributed by atoms with Crippen molar-refractivity contribution >= 4 is 39.9 Å². The van der Waals surface area contributed by atoms with E-state index in [4.69, 9.17) is 16.3 Å². The lowest BCUT2D eigenvalue weighted by Gasteiger charge is -2.27. The van der Waals surface area contributed by atoms with Crippen LogP contribution in [0.3, 0.4) is 0 Å². The van der Waals surface area contributed by atoms with E-state index in [0.29, 0.717) is 17.8 Å². The van der Waals surface area contributed by atoms with Gasteiger partial charge in [-0.25, -0.2) is 4.98 Å². The minimum atomic E-state index is 0. The molecule has 0 spiro atoms. The number of pyridine rings is 1. The maximum absolute atomic E-state index is 5.76. The molecule has 3 nitrogen and oxygen atoms in total. The van der Waals surface area contributed by atoms with Gasteiger partial charge in [-0.15, -0.1) is 12.4 Å². The fraction of sp³-hybridized carbons (Fsp3) is 0.444. The highest BCUT2D eigenvalue weighted by Gasteiger charge is 2.16. The van der Waals surface area contributed by atoms with Crippen LogP contribution in [0.25, 0.3) is 0 Å². The highest BCUT2D eigenvalue weighted by Crippen LogP contribution is 2.24. The first-order valence-corrected chi connectivity index (χ1v) is 5.60. The van der Waals surface area contributed by atoms with Crippen LogP contribution in [-0.4, -0.2) is 24.2 Å². The van der Waals surface area contributed by atoms with E-state index < -0.39 is 0 Å². The Balaban J connectivity index is 0.00000112. The first-order chi connectivity index (χ1) is 6.75. The van der Waals surface area contributed by atoms with Crippen molar-refractivity contribution in [2.45, 2.75) is 12.5 Å². The molecular formula is C9H11BrCl2N2O. The number of hydrogen-bond acceptors (Lipinski definition) is 3. The van der Waals surface area contributed by atoms with Crippen molar-refractivity contribution in [3.05, 3.63) is 21.9 Å². The molecule has 1 aliphatic rings. The lowest BCUT2D eigenvalue weighted by molar-refractivity contribution is 0.217. The Labute approximate surface area is 108 Å². The lowest BCUT2D eigenvalue weighted by atomic mass is 10.1. The van der Waals surface area contributed by atoms with Gasteiger partial charge in [-0.2, -0.15) is 0 Å². The molecular weight excluding hydrogens is 303 g/mol. The Bertz CT molecular complexity index is 334. The number of nitrogens with one attached hydrogen (secondary N) is 1. The van der Waals surface area contributed by atoms with Crippen LogP contribution in [-0.2, 0) is 0 Å². The van der Waals surface area contributed by atoms with Gasteiger partial charge in [0, 0.05) is 6.04 Å². The summed E-state index contributed by atoms with van der Waals surface area (Å²) in [5.41, 5.74) is 0. The molecule has 2 heterocycles. The summed E-state index contributed by atoms with van der Waals surface area (Å²) in [6.45, 7) is 1.78. The predicted molar refractivity (Wildman–Crippen MR) is 66.1 cm³/mol. The summed E-state index contributed by atoms with van der Waals surface area (Å²) in [5, 5.41) is 3.72. The van der Waals surface area contributed by atoms with Crippen LogP contribution >= 0.6 is 39.9 Å². The topological polar surface area (TPSA) is 34.1 Å². The molecule has 6 heteroatoms. The first kappa shape index (κ1) is 13.0. The molecule has 0 unspecified atom stereocenters. The Kier molecular flexibility index (Phi) is 5.12. The number of nitrogens with zero attached hydrogens (tertiary/aromatic N) is 1. The zero-order chi connectivity index (χ0) is 9.97. The van der Waals surface area contributed by atoms with Gasteiger partial charge in [0.15, 0.2) is 0 Å². The second-order valence-corrected chi connectivity index (χ2v) is 4.41. The van der Waals surface area contributed by atoms with Crippen LogP contribution in [0, 0.1) is 0 Å². The smallest absolute Gasteiger partial charge is 0.143 e. The quantitative estimate of drug-likeness (QED) is 0.871. The van der Waals surface area contributed by atoms with Gasteiger partial charge in [0.05, 0.1) is 10.7 Å². The molecule has 0 radical (unpaired) electrons. The number of aromatic nitrogens is 1. The Morgan fingerprint density at radius 1 is 1.67 bits per heavy atom. The number of rotatable bonds is 3. The monoisotopic (exact) mass is 312 g/mol. The molecule has 1 atom stereocenters. The molecule has 1 aromatic rings. The summed E-state index contributed by atoms with van der Waals surface area (Å²) in [6, 6.07) is 2.32. The van der Waals surface area contributed by atoms with E-state index in [0.717, 1.165) is 16.8 Å². The Hall–Kier alpha value is -0.0300. The third-order valence-corrected chi connectivity index (χ3v) is 3.28. The van der Waals surface area contributed by atoms with E-state index in [-0.39, 0.29) is 12.4 Å². The normalized spacial score (nSPS) is 18.9. The van der Waals surface area contributed by atoms with Gasteiger partial charge >= 0.3 is 0 Å². The van der Waals surface area contributed by atoms with E-state index in [2.05, 4.69) is 26.2 Å². The van der Waals surface area contributed by atoms with Crippen molar-refractivity contribution in [1.29, 1.82) is 0 Å². The minimum Gasteiger partial charge on any atom is -0.490 e. The molecule has 0 bridgehead atoms. The zero-order valence-corrected chi connectivity index (χ0v) is 11.0. The highest BCUT2D eigenvalue weighted by atomic mass is 79.9. The summed E-state index contributed by atoms with van der Waals surface area (Å²) in [5.74, 6) is 0.745. The van der Waals surface area contributed by atoms with E-state index in [1.807, 2.05) is 6.07 Å². The standard InChI is InChI=1S/C9H10BrClN2O.ClH/c10-8-3-7(4-13-9(8)11)14-5-6-1-2-12-6;/h3-4,6,12H,1-2,5H2;1H/t6-;/m0./s1. The molecule has 0 aliphatic carbocycles. The van der Waals surface area contributed by atoms with E-state index >= 15 is 0 Å². The fourth-order valence-electron chi connectivity index (χ4n) is 1.17. The average molecular weight is 314 g/mol. The van der Waals surface area contributed by atoms with Crippen molar-refractivity contribution in [2.75, 3.05) is 13.2 Å². The molecule has 0 amide bonds. The second-order valence-electron chi connectivity index (χ2n) is 3.19. The largest absolute Gasteiger partial charge is 0.490 e. The van der Waals surface area contributed by atoms with Crippen molar-refractivity contribution in [2.24, 2.45) is 0 Å². The molecule has 2 rings (SSSR count). The third kappa shape index (κ3) is 3.48. The van der Waals surface area contributed by atoms with Gasteiger partial charge < -0.3 is 10.1 Å². The van der Waals surface area contributed by atoms with Crippen LogP contribution in [0.2, 0.25) is 5.15 Å². The van der Waals surface area contributed by atoms with Gasteiger partial charge in [0.2, 0.25) is 0 Å². The van der Waals surface area contributed by atoms with Crippen LogP contribution < -0.4 is 10.1 Å². The van der Waals surface area contributed by atoms with Crippen molar-refractivity contribution in [3.63, 3.8) is 0 Å². The van der Waals surface area contributed by atoms with E-state index in [9.17, 15) is 0 Å². The number of halogens is 3.